The van der Waals surface area contributed by atoms with Crippen LogP contribution in [0.4, 0.5) is 10.5 Å². The van der Waals surface area contributed by atoms with Gasteiger partial charge in [-0.3, -0.25) is 62.0 Å². The lowest BCUT2D eigenvalue weighted by Gasteiger charge is -2.41. The molecule has 7 N–H and O–H groups in total. The fourth-order valence-corrected chi connectivity index (χ4v) is 12.5. The molecule has 11 amide bonds. The van der Waals surface area contributed by atoms with Crippen molar-refractivity contribution in [2.45, 2.75) is 201 Å². The van der Waals surface area contributed by atoms with Crippen molar-refractivity contribution in [2.75, 3.05) is 58.7 Å². The summed E-state index contributed by atoms with van der Waals surface area (Å²) in [6, 6.07) is 8.03. The van der Waals surface area contributed by atoms with E-state index >= 15 is 0 Å². The van der Waals surface area contributed by atoms with Crippen molar-refractivity contribution in [3.05, 3.63) is 77.9 Å². The Morgan fingerprint density at radius 2 is 1.33 bits per heavy atom. The molecule has 2 aliphatic rings. The van der Waals surface area contributed by atoms with Crippen LogP contribution in [0.25, 0.3) is 0 Å². The van der Waals surface area contributed by atoms with Crippen molar-refractivity contribution in [1.82, 2.24) is 46.2 Å². The van der Waals surface area contributed by atoms with E-state index in [1.54, 1.807) is 94.8 Å². The smallest absolute Gasteiger partial charge is 0.410 e. The van der Waals surface area contributed by atoms with E-state index in [-0.39, 0.29) is 68.2 Å². The Bertz CT molecular complexity index is 3010. The Hall–Kier alpha value is -7.62. The van der Waals surface area contributed by atoms with Gasteiger partial charge in [0.2, 0.25) is 47.3 Å². The average molecular weight is 1360 g/mol. The van der Waals surface area contributed by atoms with Gasteiger partial charge in [-0.15, -0.1) is 0 Å². The number of carbonyl (C=O) groups is 11. The highest BCUT2D eigenvalue weighted by Gasteiger charge is 2.44. The SMILES string of the molecule is CC[C@H](C)[C@@H]([C@@H](CC(=O)N1CCC[C@H]1[C@H](OC)[C@@H](C)C(=O)N[C@H](C)[C@@H](O)c1ccccc1)OC)N(C)C(=O)[C@@H](NC(=O)[C@H](C(C)C)N(C)C(=O)OCc1ccc(NC(=O)[C@H](CCS(C)=O)NC(=O)[C@H](C)NC(=O)[C@@H](CCC(C)C)NC(=O)CCN2C(=O)C=CC2=O)cc1)C(C)C. The van der Waals surface area contributed by atoms with E-state index in [1.165, 1.54) is 34.4 Å². The minimum atomic E-state index is -1.35. The van der Waals surface area contributed by atoms with Crippen molar-refractivity contribution >= 4 is 81.7 Å². The highest BCUT2D eigenvalue weighted by atomic mass is 32.2. The van der Waals surface area contributed by atoms with Gasteiger partial charge in [-0.25, -0.2) is 4.79 Å². The summed E-state index contributed by atoms with van der Waals surface area (Å²) < 4.78 is 29.9. The van der Waals surface area contributed by atoms with E-state index in [0.717, 1.165) is 22.0 Å². The minimum absolute atomic E-state index is 0.0292. The lowest BCUT2D eigenvalue weighted by Crippen LogP contribution is -2.60. The highest BCUT2D eigenvalue weighted by molar-refractivity contribution is 7.84. The maximum atomic E-state index is 14.8. The molecule has 0 bridgehead atoms. The van der Waals surface area contributed by atoms with Crippen LogP contribution in [0.5, 0.6) is 0 Å². The first kappa shape index (κ1) is 80.8. The number of carbonyl (C=O) groups excluding carboxylic acids is 11. The zero-order chi connectivity index (χ0) is 71.8. The number of aliphatic hydroxyl groups is 1. The Balaban J connectivity index is 1.37. The number of likely N-dealkylation sites (tertiary alicyclic amines) is 1. The molecule has 2 aromatic rings. The standard InChI is InChI=1S/C69H106N10O16S/c1-17-43(8)60(53(93-14)38-57(83)78-35-21-24-52(78)62(94-15)44(9)63(85)70-45(10)61(84)48-22-19-18-20-23-48)76(12)68(90)58(41(4)5)75-67(89)59(42(6)7)77(13)69(91)95-39-47-26-28-49(29-27-47)72-66(88)51(34-37-96(16)92)74-64(86)46(11)71-65(87)50(30-25-40(2)3)73-54(80)33-36-79-55(81)31-32-56(79)82/h18-20,22-23,26-29,31-32,40-46,50-53,58-62,84H,17,21,24-25,30,33-39H2,1-16H3,(H,70,85)(H,71,87)(H,72,88)(H,73,80)(H,74,86)(H,75,89)/t43-,44+,45+,46-,50+,51-,52-,53+,58-,59-,60-,61+,62+,96?/m0/s1. The fourth-order valence-electron chi connectivity index (χ4n) is 12.0. The molecular formula is C69H106N10O16S. The highest BCUT2D eigenvalue weighted by Crippen LogP contribution is 2.31. The number of aliphatic hydroxyl groups excluding tert-OH is 1. The van der Waals surface area contributed by atoms with Gasteiger partial charge in [0.15, 0.2) is 0 Å². The van der Waals surface area contributed by atoms with Gasteiger partial charge in [0.05, 0.1) is 48.8 Å². The molecule has 0 radical (unpaired) electrons. The van der Waals surface area contributed by atoms with E-state index < -0.39 is 149 Å². The largest absolute Gasteiger partial charge is 0.445 e. The van der Waals surface area contributed by atoms with Crippen molar-refractivity contribution in [3.8, 4) is 0 Å². The van der Waals surface area contributed by atoms with Gasteiger partial charge >= 0.3 is 6.09 Å². The van der Waals surface area contributed by atoms with Crippen LogP contribution in [0, 0.1) is 29.6 Å². The second-order valence-corrected chi connectivity index (χ2v) is 27.9. The third-order valence-electron chi connectivity index (χ3n) is 17.9. The summed E-state index contributed by atoms with van der Waals surface area (Å²) in [6.45, 7) is 19.8. The third kappa shape index (κ3) is 23.6. The lowest BCUT2D eigenvalue weighted by atomic mass is 9.89. The zero-order valence-corrected chi connectivity index (χ0v) is 59.7. The summed E-state index contributed by atoms with van der Waals surface area (Å²) in [7, 11) is 4.71. The minimum Gasteiger partial charge on any atom is -0.445 e. The third-order valence-corrected chi connectivity index (χ3v) is 18.7. The second-order valence-electron chi connectivity index (χ2n) is 26.4. The van der Waals surface area contributed by atoms with Crippen LogP contribution in [-0.4, -0.2) is 208 Å². The lowest BCUT2D eigenvalue weighted by molar-refractivity contribution is -0.148. The predicted octanol–water partition coefficient (Wildman–Crippen LogP) is 4.51. The molecule has 0 spiro atoms. The molecule has 0 aliphatic carbocycles. The zero-order valence-electron chi connectivity index (χ0n) is 58.8. The summed E-state index contributed by atoms with van der Waals surface area (Å²) >= 11 is 0. The van der Waals surface area contributed by atoms with Crippen molar-refractivity contribution in [3.63, 3.8) is 0 Å². The molecule has 96 heavy (non-hydrogen) atoms. The number of methoxy groups -OCH3 is 2. The number of anilines is 1. The van der Waals surface area contributed by atoms with E-state index in [9.17, 15) is 62.1 Å². The van der Waals surface area contributed by atoms with Crippen LogP contribution in [0.2, 0.25) is 0 Å². The van der Waals surface area contributed by atoms with Crippen LogP contribution in [0.3, 0.4) is 0 Å². The molecule has 2 aliphatic heterocycles. The van der Waals surface area contributed by atoms with Gasteiger partial charge in [0, 0.05) is 88.5 Å². The molecule has 1 fully saturated rings. The van der Waals surface area contributed by atoms with E-state index in [1.807, 2.05) is 45.9 Å². The summed E-state index contributed by atoms with van der Waals surface area (Å²) in [5, 5.41) is 27.5. The average Bonchev–Trinajstić information content (AvgIpc) is 1.48. The molecule has 27 heteroatoms. The Morgan fingerprint density at radius 1 is 0.708 bits per heavy atom. The summed E-state index contributed by atoms with van der Waals surface area (Å²) in [5.41, 5.74) is 1.47. The number of ether oxygens (including phenoxy) is 3. The van der Waals surface area contributed by atoms with Crippen LogP contribution in [0.15, 0.2) is 66.7 Å². The maximum Gasteiger partial charge on any atom is 0.410 e. The van der Waals surface area contributed by atoms with Gasteiger partial charge in [0.25, 0.3) is 11.8 Å². The molecule has 1 unspecified atom stereocenters. The molecule has 2 aromatic carbocycles. The number of likely N-dealkylation sites (N-methyl/N-ethyl adjacent to an activating group) is 2. The van der Waals surface area contributed by atoms with Gasteiger partial charge < -0.3 is 61.0 Å². The molecule has 534 valence electrons. The molecule has 0 aromatic heterocycles. The number of nitrogens with one attached hydrogen (secondary N) is 6. The molecule has 0 saturated carbocycles. The van der Waals surface area contributed by atoms with Gasteiger partial charge in [0.1, 0.15) is 36.8 Å². The van der Waals surface area contributed by atoms with Crippen molar-refractivity contribution < 1.29 is 76.3 Å². The summed E-state index contributed by atoms with van der Waals surface area (Å²) in [4.78, 5) is 154. The molecule has 14 atom stereocenters. The van der Waals surface area contributed by atoms with Gasteiger partial charge in [-0.2, -0.15) is 0 Å². The van der Waals surface area contributed by atoms with Crippen LogP contribution >= 0.6 is 0 Å². The Kier molecular flexibility index (Phi) is 32.8. The normalized spacial score (nSPS) is 18.0. The number of rotatable bonds is 38. The van der Waals surface area contributed by atoms with Crippen LogP contribution < -0.4 is 31.9 Å². The summed E-state index contributed by atoms with van der Waals surface area (Å²) in [5.74, 6) is -6.88. The number of imide groups is 1. The van der Waals surface area contributed by atoms with Crippen molar-refractivity contribution in [2.24, 2.45) is 29.6 Å². The number of hydrogen-bond donors (Lipinski definition) is 7. The monoisotopic (exact) mass is 1360 g/mol. The number of nitrogens with zero attached hydrogens (tertiary/aromatic N) is 4. The molecule has 26 nitrogen and oxygen atoms in total. The molecule has 2 heterocycles. The first-order valence-electron chi connectivity index (χ1n) is 33.2. The van der Waals surface area contributed by atoms with Crippen molar-refractivity contribution in [1.29, 1.82) is 0 Å². The molecule has 4 rings (SSSR count). The first-order valence-corrected chi connectivity index (χ1v) is 35.0. The number of hydrogen-bond acceptors (Lipinski definition) is 16. The predicted molar refractivity (Wildman–Crippen MR) is 363 cm³/mol. The van der Waals surface area contributed by atoms with E-state index in [4.69, 9.17) is 14.2 Å². The van der Waals surface area contributed by atoms with E-state index in [0.29, 0.717) is 49.0 Å². The number of benzene rings is 2. The summed E-state index contributed by atoms with van der Waals surface area (Å²) in [6.07, 6.45) is 2.69. The van der Waals surface area contributed by atoms with Crippen LogP contribution in [0.1, 0.15) is 145 Å². The maximum absolute atomic E-state index is 14.8. The quantitative estimate of drug-likeness (QED) is 0.0455. The first-order chi connectivity index (χ1) is 45.3. The molecule has 1 saturated heterocycles. The Labute approximate surface area is 568 Å². The number of amides is 11. The molecular weight excluding hydrogens is 1260 g/mol. The van der Waals surface area contributed by atoms with Gasteiger partial charge in [-0.1, -0.05) is 111 Å². The fraction of sp³-hybridized carbons (Fsp3) is 0.638. The second kappa shape index (κ2) is 38.9. The van der Waals surface area contributed by atoms with Gasteiger partial charge in [-0.05, 0) is 92.9 Å². The van der Waals surface area contributed by atoms with Crippen LogP contribution in [-0.2, 0) is 79.6 Å². The topological polar surface area (TPSA) is 338 Å². The Morgan fingerprint density at radius 3 is 1.90 bits per heavy atom. The van der Waals surface area contributed by atoms with E-state index in [2.05, 4.69) is 31.9 Å².